The summed E-state index contributed by atoms with van der Waals surface area (Å²) in [6.07, 6.45) is 0.292. The van der Waals surface area contributed by atoms with Crippen molar-refractivity contribution >= 4 is 23.2 Å². The Morgan fingerprint density at radius 3 is 2.84 bits per heavy atom. The van der Waals surface area contributed by atoms with Crippen LogP contribution in [0.2, 0.25) is 10.0 Å². The van der Waals surface area contributed by atoms with Gasteiger partial charge in [-0.25, -0.2) is 0 Å². The van der Waals surface area contributed by atoms with Crippen LogP contribution in [0.3, 0.4) is 0 Å². The number of fused-ring (bicyclic) bond motifs is 1. The minimum absolute atomic E-state index is 0.211. The van der Waals surface area contributed by atoms with Crippen LogP contribution in [0.15, 0.2) is 18.2 Å². The van der Waals surface area contributed by atoms with Crippen LogP contribution < -0.4 is 5.32 Å². The van der Waals surface area contributed by atoms with Gasteiger partial charge >= 0.3 is 0 Å². The molecule has 104 valence electrons. The first-order valence-corrected chi connectivity index (χ1v) is 7.59. The van der Waals surface area contributed by atoms with Gasteiger partial charge in [-0.3, -0.25) is 0 Å². The highest BCUT2D eigenvalue weighted by Gasteiger charge is 2.67. The second-order valence-electron chi connectivity index (χ2n) is 5.90. The van der Waals surface area contributed by atoms with Crippen molar-refractivity contribution in [2.45, 2.75) is 25.4 Å². The number of nitrogens with one attached hydrogen (secondary N) is 1. The van der Waals surface area contributed by atoms with E-state index < -0.39 is 0 Å². The van der Waals surface area contributed by atoms with Gasteiger partial charge in [-0.05, 0) is 49.9 Å². The molecule has 0 amide bonds. The van der Waals surface area contributed by atoms with Gasteiger partial charge in [0.25, 0.3) is 0 Å². The number of ether oxygens (including phenoxy) is 1. The number of benzene rings is 1. The first-order valence-electron chi connectivity index (χ1n) is 6.83. The summed E-state index contributed by atoms with van der Waals surface area (Å²) in [4.78, 5) is 0. The highest BCUT2D eigenvalue weighted by molar-refractivity contribution is 6.42. The van der Waals surface area contributed by atoms with Crippen LogP contribution in [0.5, 0.6) is 0 Å². The van der Waals surface area contributed by atoms with Gasteiger partial charge in [0, 0.05) is 12.0 Å². The Bertz CT molecular complexity index is 491. The van der Waals surface area contributed by atoms with Gasteiger partial charge in [0.1, 0.15) is 0 Å². The molecular weight excluding hydrogens is 281 g/mol. The summed E-state index contributed by atoms with van der Waals surface area (Å²) in [5.74, 6) is 1.27. The average Bonchev–Trinajstić information content (AvgIpc) is 2.76. The van der Waals surface area contributed by atoms with Gasteiger partial charge in [0.2, 0.25) is 0 Å². The lowest BCUT2D eigenvalue weighted by Gasteiger charge is -2.17. The summed E-state index contributed by atoms with van der Waals surface area (Å²) in [5, 5.41) is 4.75. The lowest BCUT2D eigenvalue weighted by Crippen LogP contribution is -2.25. The number of piperidine rings is 1. The maximum Gasteiger partial charge on any atom is 0.0595 e. The average molecular weight is 300 g/mol. The largest absolute Gasteiger partial charge is 0.378 e. The Hall–Kier alpha value is -0.280. The smallest absolute Gasteiger partial charge is 0.0595 e. The van der Waals surface area contributed by atoms with Crippen molar-refractivity contribution in [1.29, 1.82) is 0 Å². The zero-order valence-electron chi connectivity index (χ0n) is 11.2. The summed E-state index contributed by atoms with van der Waals surface area (Å²) in [7, 11) is 0. The Balaban J connectivity index is 1.83. The molecule has 1 aliphatic heterocycles. The van der Waals surface area contributed by atoms with Crippen LogP contribution in [-0.2, 0) is 10.2 Å². The predicted octanol–water partition coefficient (Wildman–Crippen LogP) is 3.51. The summed E-state index contributed by atoms with van der Waals surface area (Å²) in [5.41, 5.74) is 1.51. The molecule has 1 aliphatic carbocycles. The van der Waals surface area contributed by atoms with E-state index in [0.29, 0.717) is 28.0 Å². The first kappa shape index (κ1) is 13.7. The molecule has 0 spiro atoms. The third-order valence-corrected chi connectivity index (χ3v) is 5.29. The van der Waals surface area contributed by atoms with E-state index in [9.17, 15) is 0 Å². The van der Waals surface area contributed by atoms with Crippen LogP contribution in [0, 0.1) is 11.8 Å². The fourth-order valence-electron chi connectivity index (χ4n) is 3.50. The monoisotopic (exact) mass is 299 g/mol. The standard InChI is InChI=1S/C15H19Cl2NO/c1-9(2)19-7-12-11-6-18-8-15(11,12)10-3-4-13(16)14(17)5-10/h3-5,9,11-12,18H,6-8H2,1-2H3. The predicted molar refractivity (Wildman–Crippen MR) is 79.1 cm³/mol. The second-order valence-corrected chi connectivity index (χ2v) is 6.71. The van der Waals surface area contributed by atoms with Gasteiger partial charge in [0.15, 0.2) is 0 Å². The van der Waals surface area contributed by atoms with E-state index in [1.807, 2.05) is 12.1 Å². The number of hydrogen-bond donors (Lipinski definition) is 1. The maximum absolute atomic E-state index is 6.16. The Kier molecular flexibility index (Phi) is 3.55. The lowest BCUT2D eigenvalue weighted by molar-refractivity contribution is 0.0634. The molecular formula is C15H19Cl2NO. The molecule has 1 aromatic rings. The Morgan fingerprint density at radius 1 is 1.37 bits per heavy atom. The third kappa shape index (κ3) is 2.19. The van der Waals surface area contributed by atoms with E-state index in [0.717, 1.165) is 19.7 Å². The van der Waals surface area contributed by atoms with Crippen molar-refractivity contribution in [3.63, 3.8) is 0 Å². The Labute approximate surface area is 124 Å². The van der Waals surface area contributed by atoms with Crippen molar-refractivity contribution in [3.8, 4) is 0 Å². The summed E-state index contributed by atoms with van der Waals surface area (Å²) >= 11 is 12.2. The van der Waals surface area contributed by atoms with Crippen LogP contribution in [-0.4, -0.2) is 25.8 Å². The van der Waals surface area contributed by atoms with E-state index in [2.05, 4.69) is 25.2 Å². The molecule has 1 saturated heterocycles. The maximum atomic E-state index is 6.16. The normalized spacial score (nSPS) is 32.7. The SMILES string of the molecule is CC(C)OCC1C2CNCC21c1ccc(Cl)c(Cl)c1. The molecule has 2 nitrogen and oxygen atoms in total. The minimum atomic E-state index is 0.211. The fraction of sp³-hybridized carbons (Fsp3) is 0.600. The fourth-order valence-corrected chi connectivity index (χ4v) is 3.80. The Morgan fingerprint density at radius 2 is 2.16 bits per heavy atom. The van der Waals surface area contributed by atoms with Gasteiger partial charge in [-0.1, -0.05) is 29.3 Å². The molecule has 0 radical (unpaired) electrons. The molecule has 3 rings (SSSR count). The molecule has 2 aliphatic rings. The second kappa shape index (κ2) is 4.92. The van der Waals surface area contributed by atoms with Crippen molar-refractivity contribution in [2.24, 2.45) is 11.8 Å². The molecule has 1 heterocycles. The van der Waals surface area contributed by atoms with E-state index in [1.54, 1.807) is 0 Å². The summed E-state index contributed by atoms with van der Waals surface area (Å²) in [6, 6.07) is 6.05. The van der Waals surface area contributed by atoms with Crippen LogP contribution in [0.4, 0.5) is 0 Å². The highest BCUT2D eigenvalue weighted by Crippen LogP contribution is 2.62. The van der Waals surface area contributed by atoms with Crippen LogP contribution in [0.25, 0.3) is 0 Å². The van der Waals surface area contributed by atoms with Gasteiger partial charge in [-0.2, -0.15) is 0 Å². The van der Waals surface area contributed by atoms with Crippen molar-refractivity contribution in [2.75, 3.05) is 19.7 Å². The van der Waals surface area contributed by atoms with Gasteiger partial charge in [-0.15, -0.1) is 0 Å². The molecule has 2 fully saturated rings. The van der Waals surface area contributed by atoms with E-state index in [-0.39, 0.29) is 5.41 Å². The number of rotatable bonds is 4. The molecule has 0 bridgehead atoms. The molecule has 3 atom stereocenters. The van der Waals surface area contributed by atoms with Crippen molar-refractivity contribution in [1.82, 2.24) is 5.32 Å². The first-order chi connectivity index (χ1) is 9.05. The quantitative estimate of drug-likeness (QED) is 0.919. The molecule has 1 aromatic carbocycles. The zero-order valence-corrected chi connectivity index (χ0v) is 12.8. The lowest BCUT2D eigenvalue weighted by atomic mass is 9.93. The van der Waals surface area contributed by atoms with E-state index >= 15 is 0 Å². The molecule has 1 N–H and O–H groups in total. The van der Waals surface area contributed by atoms with Gasteiger partial charge in [0.05, 0.1) is 22.8 Å². The number of hydrogen-bond acceptors (Lipinski definition) is 2. The third-order valence-electron chi connectivity index (χ3n) is 4.55. The topological polar surface area (TPSA) is 21.3 Å². The highest BCUT2D eigenvalue weighted by atomic mass is 35.5. The van der Waals surface area contributed by atoms with Gasteiger partial charge < -0.3 is 10.1 Å². The number of halogens is 2. The zero-order chi connectivity index (χ0) is 13.6. The molecule has 19 heavy (non-hydrogen) atoms. The van der Waals surface area contributed by atoms with Crippen molar-refractivity contribution < 1.29 is 4.74 Å². The summed E-state index contributed by atoms with van der Waals surface area (Å²) in [6.45, 7) is 7.10. The summed E-state index contributed by atoms with van der Waals surface area (Å²) < 4.78 is 5.82. The minimum Gasteiger partial charge on any atom is -0.378 e. The molecule has 0 aromatic heterocycles. The van der Waals surface area contributed by atoms with E-state index in [4.69, 9.17) is 27.9 Å². The van der Waals surface area contributed by atoms with Crippen LogP contribution in [0.1, 0.15) is 19.4 Å². The van der Waals surface area contributed by atoms with Crippen molar-refractivity contribution in [3.05, 3.63) is 33.8 Å². The molecule has 3 unspecified atom stereocenters. The van der Waals surface area contributed by atoms with Crippen LogP contribution >= 0.6 is 23.2 Å². The molecule has 4 heteroatoms. The van der Waals surface area contributed by atoms with E-state index in [1.165, 1.54) is 5.56 Å². The molecule has 1 saturated carbocycles.